The summed E-state index contributed by atoms with van der Waals surface area (Å²) in [6.07, 6.45) is 0. The van der Waals surface area contributed by atoms with E-state index in [2.05, 4.69) is 16.9 Å². The largest absolute Gasteiger partial charge is 0.461 e. The maximum atomic E-state index is 12.2. The van der Waals surface area contributed by atoms with Crippen molar-refractivity contribution in [1.82, 2.24) is 9.78 Å². The van der Waals surface area contributed by atoms with Gasteiger partial charge in [-0.1, -0.05) is 42.3 Å². The molecule has 24 heavy (non-hydrogen) atoms. The quantitative estimate of drug-likeness (QED) is 0.549. The highest BCUT2D eigenvalue weighted by atomic mass is 16.5. The highest BCUT2D eigenvalue weighted by molar-refractivity contribution is 5.88. The summed E-state index contributed by atoms with van der Waals surface area (Å²) in [4.78, 5) is 12.2. The summed E-state index contributed by atoms with van der Waals surface area (Å²) in [5.74, 6) is 5.63. The zero-order valence-electron chi connectivity index (χ0n) is 13.3. The fraction of sp³-hybridized carbons (Fsp3) is 0.100. The van der Waals surface area contributed by atoms with Crippen LogP contribution in [-0.2, 0) is 4.74 Å². The Morgan fingerprint density at radius 3 is 2.38 bits per heavy atom. The Balaban J connectivity index is 2.01. The number of carbonyl (C=O) groups is 1. The highest BCUT2D eigenvalue weighted by Crippen LogP contribution is 2.13. The van der Waals surface area contributed by atoms with Crippen LogP contribution in [0.4, 0.5) is 0 Å². The normalized spacial score (nSPS) is 9.88. The first-order valence-corrected chi connectivity index (χ1v) is 7.67. The highest BCUT2D eigenvalue weighted by Gasteiger charge is 2.16. The van der Waals surface area contributed by atoms with Gasteiger partial charge in [0.05, 0.1) is 12.3 Å². The van der Waals surface area contributed by atoms with Gasteiger partial charge < -0.3 is 4.74 Å². The molecule has 0 amide bonds. The molecule has 0 atom stereocenters. The van der Waals surface area contributed by atoms with Crippen LogP contribution in [0, 0.1) is 11.8 Å². The van der Waals surface area contributed by atoms with Crippen LogP contribution in [0.15, 0.2) is 66.7 Å². The van der Waals surface area contributed by atoms with Crippen LogP contribution < -0.4 is 0 Å². The van der Waals surface area contributed by atoms with Crippen LogP contribution in [-0.4, -0.2) is 22.4 Å². The van der Waals surface area contributed by atoms with E-state index >= 15 is 0 Å². The van der Waals surface area contributed by atoms with Crippen molar-refractivity contribution in [1.29, 1.82) is 0 Å². The van der Waals surface area contributed by atoms with Gasteiger partial charge in [-0.15, -0.1) is 0 Å². The number of benzene rings is 2. The van der Waals surface area contributed by atoms with Crippen molar-refractivity contribution in [3.63, 3.8) is 0 Å². The molecule has 0 saturated heterocycles. The molecule has 1 aromatic heterocycles. The SMILES string of the molecule is CCOC(=O)c1cc(C#Cc2ccccc2)nn1-c1ccccc1. The molecule has 0 unspecified atom stereocenters. The van der Waals surface area contributed by atoms with Crippen molar-refractivity contribution in [3.05, 3.63) is 83.7 Å². The topological polar surface area (TPSA) is 44.1 Å². The van der Waals surface area contributed by atoms with E-state index in [4.69, 9.17) is 4.74 Å². The van der Waals surface area contributed by atoms with E-state index in [1.807, 2.05) is 60.7 Å². The average Bonchev–Trinajstić information content (AvgIpc) is 3.06. The summed E-state index contributed by atoms with van der Waals surface area (Å²) >= 11 is 0. The Labute approximate surface area is 140 Å². The van der Waals surface area contributed by atoms with Crippen molar-refractivity contribution in [3.8, 4) is 17.5 Å². The van der Waals surface area contributed by atoms with E-state index in [0.717, 1.165) is 11.3 Å². The van der Waals surface area contributed by atoms with Gasteiger partial charge in [0.15, 0.2) is 5.69 Å². The average molecular weight is 316 g/mol. The minimum Gasteiger partial charge on any atom is -0.461 e. The molecule has 4 heteroatoms. The lowest BCUT2D eigenvalue weighted by atomic mass is 10.2. The molecule has 0 saturated carbocycles. The number of esters is 1. The van der Waals surface area contributed by atoms with E-state index < -0.39 is 5.97 Å². The Bertz CT molecular complexity index is 888. The summed E-state index contributed by atoms with van der Waals surface area (Å²) in [5.41, 5.74) is 2.56. The first-order chi connectivity index (χ1) is 11.8. The minimum absolute atomic E-state index is 0.309. The first kappa shape index (κ1) is 15.6. The Morgan fingerprint density at radius 1 is 1.04 bits per heavy atom. The monoisotopic (exact) mass is 316 g/mol. The van der Waals surface area contributed by atoms with Gasteiger partial charge >= 0.3 is 5.97 Å². The number of hydrogen-bond donors (Lipinski definition) is 0. The number of nitrogens with zero attached hydrogens (tertiary/aromatic N) is 2. The maximum Gasteiger partial charge on any atom is 0.357 e. The second kappa shape index (κ2) is 7.30. The van der Waals surface area contributed by atoms with E-state index in [9.17, 15) is 4.79 Å². The zero-order valence-corrected chi connectivity index (χ0v) is 13.3. The summed E-state index contributed by atoms with van der Waals surface area (Å²) in [6.45, 7) is 2.08. The lowest BCUT2D eigenvalue weighted by Gasteiger charge is -2.06. The molecule has 0 radical (unpaired) electrons. The van der Waals surface area contributed by atoms with E-state index in [-0.39, 0.29) is 0 Å². The van der Waals surface area contributed by atoms with Crippen LogP contribution in [0.2, 0.25) is 0 Å². The smallest absolute Gasteiger partial charge is 0.357 e. The fourth-order valence-corrected chi connectivity index (χ4v) is 2.22. The molecule has 4 nitrogen and oxygen atoms in total. The van der Waals surface area contributed by atoms with Crippen LogP contribution in [0.3, 0.4) is 0 Å². The van der Waals surface area contributed by atoms with Gasteiger partial charge in [0.25, 0.3) is 0 Å². The molecule has 2 aromatic carbocycles. The van der Waals surface area contributed by atoms with Crippen LogP contribution >= 0.6 is 0 Å². The third kappa shape index (κ3) is 3.53. The lowest BCUT2D eigenvalue weighted by molar-refractivity contribution is 0.0515. The number of ether oxygens (including phenoxy) is 1. The standard InChI is InChI=1S/C20H16N2O2/c1-2-24-20(23)19-15-17(14-13-16-9-5-3-6-10-16)21-22(19)18-11-7-4-8-12-18/h3-12,15H,2H2,1H3. The summed E-state index contributed by atoms with van der Waals surface area (Å²) in [6, 6.07) is 20.7. The van der Waals surface area contributed by atoms with Crippen molar-refractivity contribution >= 4 is 5.97 Å². The minimum atomic E-state index is -0.415. The molecular formula is C20H16N2O2. The Hall–Kier alpha value is -3.32. The van der Waals surface area contributed by atoms with Gasteiger partial charge in [-0.3, -0.25) is 0 Å². The molecular weight excluding hydrogens is 300 g/mol. The van der Waals surface area contributed by atoms with Crippen LogP contribution in [0.1, 0.15) is 28.7 Å². The van der Waals surface area contributed by atoms with Crippen molar-refractivity contribution < 1.29 is 9.53 Å². The van der Waals surface area contributed by atoms with Gasteiger partial charge in [-0.2, -0.15) is 5.10 Å². The third-order valence-corrected chi connectivity index (χ3v) is 3.30. The predicted molar refractivity (Wildman–Crippen MR) is 91.9 cm³/mol. The molecule has 0 bridgehead atoms. The Morgan fingerprint density at radius 2 is 1.71 bits per heavy atom. The molecule has 3 aromatic rings. The number of para-hydroxylation sites is 1. The van der Waals surface area contributed by atoms with Gasteiger partial charge in [-0.05, 0) is 37.1 Å². The van der Waals surface area contributed by atoms with Crippen molar-refractivity contribution in [2.45, 2.75) is 6.92 Å². The molecule has 118 valence electrons. The van der Waals surface area contributed by atoms with Gasteiger partial charge in [0.1, 0.15) is 5.69 Å². The number of carbonyl (C=O) groups excluding carboxylic acids is 1. The van der Waals surface area contributed by atoms with Crippen LogP contribution in [0.25, 0.3) is 5.69 Å². The van der Waals surface area contributed by atoms with Gasteiger partial charge in [0, 0.05) is 11.6 Å². The number of hydrogen-bond acceptors (Lipinski definition) is 3. The van der Waals surface area contributed by atoms with Crippen LogP contribution in [0.5, 0.6) is 0 Å². The summed E-state index contributed by atoms with van der Waals surface area (Å²) < 4.78 is 6.68. The first-order valence-electron chi connectivity index (χ1n) is 7.67. The third-order valence-electron chi connectivity index (χ3n) is 3.30. The second-order valence-electron chi connectivity index (χ2n) is 5.00. The zero-order chi connectivity index (χ0) is 16.8. The molecule has 0 fully saturated rings. The predicted octanol–water partition coefficient (Wildman–Crippen LogP) is 3.45. The van der Waals surface area contributed by atoms with E-state index in [1.54, 1.807) is 17.7 Å². The van der Waals surface area contributed by atoms with E-state index in [0.29, 0.717) is 18.0 Å². The maximum absolute atomic E-state index is 12.2. The molecule has 0 aliphatic heterocycles. The fourth-order valence-electron chi connectivity index (χ4n) is 2.22. The summed E-state index contributed by atoms with van der Waals surface area (Å²) in [7, 11) is 0. The van der Waals surface area contributed by atoms with E-state index in [1.165, 1.54) is 0 Å². The molecule has 0 spiro atoms. The Kier molecular flexibility index (Phi) is 4.73. The van der Waals surface area contributed by atoms with Gasteiger partial charge in [-0.25, -0.2) is 9.48 Å². The lowest BCUT2D eigenvalue weighted by Crippen LogP contribution is -2.11. The molecule has 1 heterocycles. The number of aromatic nitrogens is 2. The van der Waals surface area contributed by atoms with Crippen molar-refractivity contribution in [2.24, 2.45) is 0 Å². The van der Waals surface area contributed by atoms with Crippen molar-refractivity contribution in [2.75, 3.05) is 6.61 Å². The molecule has 0 N–H and O–H groups in total. The second-order valence-corrected chi connectivity index (χ2v) is 5.00. The molecule has 3 rings (SSSR count). The van der Waals surface area contributed by atoms with Gasteiger partial charge in [0.2, 0.25) is 0 Å². The molecule has 0 aliphatic carbocycles. The summed E-state index contributed by atoms with van der Waals surface area (Å²) in [5, 5.41) is 4.44. The molecule has 0 aliphatic rings. The number of rotatable bonds is 3.